The maximum Gasteiger partial charge on any atom is 0.419 e. The number of aliphatic hydroxyl groups is 1. The molecule has 0 heterocycles. The Hall–Kier alpha value is -0.820. The maximum atomic E-state index is 11.9. The lowest BCUT2D eigenvalue weighted by Crippen LogP contribution is -2.59. The summed E-state index contributed by atoms with van der Waals surface area (Å²) in [6, 6.07) is -2.38. The number of alkyl halides is 3. The highest BCUT2D eigenvalue weighted by Crippen LogP contribution is 2.31. The second-order valence-corrected chi connectivity index (χ2v) is 2.46. The number of carboxylic acid groups (broad SMARTS) is 1. The van der Waals surface area contributed by atoms with E-state index in [0.717, 1.165) is 0 Å². The highest BCUT2D eigenvalue weighted by molar-refractivity contribution is 5.74. The van der Waals surface area contributed by atoms with E-state index in [-0.39, 0.29) is 0 Å². The molecule has 0 unspecified atom stereocenters. The lowest BCUT2D eigenvalue weighted by Gasteiger charge is -2.29. The summed E-state index contributed by atoms with van der Waals surface area (Å²) in [5.41, 5.74) is 1.21. The van der Waals surface area contributed by atoms with Crippen molar-refractivity contribution >= 4 is 5.97 Å². The van der Waals surface area contributed by atoms with Gasteiger partial charge in [0.05, 0.1) is 0 Å². The van der Waals surface area contributed by atoms with Gasteiger partial charge in [-0.2, -0.15) is 13.2 Å². The van der Waals surface area contributed by atoms with Gasteiger partial charge in [-0.3, -0.25) is 4.79 Å². The van der Waals surface area contributed by atoms with Gasteiger partial charge in [0.1, 0.15) is 6.04 Å². The Balaban J connectivity index is 4.73. The van der Waals surface area contributed by atoms with Gasteiger partial charge < -0.3 is 15.9 Å². The number of halogens is 3. The van der Waals surface area contributed by atoms with Crippen molar-refractivity contribution in [3.8, 4) is 0 Å². The Morgan fingerprint density at radius 3 is 1.92 bits per heavy atom. The standard InChI is InChI=1S/C5H8F3NO3/c1-4(12,5(6,7)8)2(9)3(10)11/h2,12H,9H2,1H3,(H,10,11)/t2-,4+/m0/s1. The molecular formula is C5H8F3NO3. The van der Waals surface area contributed by atoms with Gasteiger partial charge in [0.2, 0.25) is 0 Å². The molecule has 0 amide bonds. The predicted octanol–water partition coefficient (Wildman–Crippen LogP) is -0.288. The molecule has 0 aromatic heterocycles. The zero-order valence-corrected chi connectivity index (χ0v) is 6.09. The lowest BCUT2D eigenvalue weighted by atomic mass is 9.97. The Labute approximate surface area is 65.8 Å². The first-order chi connectivity index (χ1) is 5.10. The van der Waals surface area contributed by atoms with Gasteiger partial charge in [-0.1, -0.05) is 0 Å². The molecule has 4 N–H and O–H groups in total. The smallest absolute Gasteiger partial charge is 0.419 e. The normalized spacial score (nSPS) is 19.8. The van der Waals surface area contributed by atoms with E-state index < -0.39 is 23.8 Å². The molecule has 0 radical (unpaired) electrons. The van der Waals surface area contributed by atoms with Gasteiger partial charge in [-0.15, -0.1) is 0 Å². The minimum Gasteiger partial charge on any atom is -0.480 e. The molecule has 12 heavy (non-hydrogen) atoms. The number of aliphatic carboxylic acids is 1. The Bertz CT molecular complexity index is 189. The molecule has 7 heteroatoms. The molecule has 0 bridgehead atoms. The van der Waals surface area contributed by atoms with Crippen molar-refractivity contribution in [1.29, 1.82) is 0 Å². The molecule has 72 valence electrons. The summed E-state index contributed by atoms with van der Waals surface area (Å²) >= 11 is 0. The molecule has 0 saturated carbocycles. The summed E-state index contributed by atoms with van der Waals surface area (Å²) in [6.45, 7) is 0.311. The second-order valence-electron chi connectivity index (χ2n) is 2.46. The third-order valence-electron chi connectivity index (χ3n) is 1.45. The van der Waals surface area contributed by atoms with Gasteiger partial charge in [-0.05, 0) is 6.92 Å². The molecule has 0 fully saturated rings. The first kappa shape index (κ1) is 11.2. The molecule has 0 aliphatic heterocycles. The van der Waals surface area contributed by atoms with E-state index in [1.807, 2.05) is 0 Å². The molecule has 0 rings (SSSR count). The molecule has 0 spiro atoms. The van der Waals surface area contributed by atoms with E-state index in [1.165, 1.54) is 0 Å². The Morgan fingerprint density at radius 1 is 1.50 bits per heavy atom. The zero-order chi connectivity index (χ0) is 10.2. The fourth-order valence-electron chi connectivity index (χ4n) is 0.417. The Kier molecular flexibility index (Phi) is 2.71. The quantitative estimate of drug-likeness (QED) is 0.554. The van der Waals surface area contributed by atoms with E-state index >= 15 is 0 Å². The van der Waals surface area contributed by atoms with E-state index in [9.17, 15) is 18.0 Å². The third-order valence-corrected chi connectivity index (χ3v) is 1.45. The summed E-state index contributed by atoms with van der Waals surface area (Å²) < 4.78 is 35.6. The number of carbonyl (C=O) groups is 1. The number of hydrogen-bond donors (Lipinski definition) is 3. The van der Waals surface area contributed by atoms with Gasteiger partial charge >= 0.3 is 12.1 Å². The van der Waals surface area contributed by atoms with Crippen LogP contribution in [0.2, 0.25) is 0 Å². The van der Waals surface area contributed by atoms with Crippen LogP contribution >= 0.6 is 0 Å². The number of rotatable bonds is 2. The van der Waals surface area contributed by atoms with Crippen molar-refractivity contribution in [2.24, 2.45) is 5.73 Å². The predicted molar refractivity (Wildman–Crippen MR) is 32.3 cm³/mol. The van der Waals surface area contributed by atoms with Crippen LogP contribution in [0.25, 0.3) is 0 Å². The van der Waals surface area contributed by atoms with Crippen molar-refractivity contribution in [3.05, 3.63) is 0 Å². The number of nitrogens with two attached hydrogens (primary N) is 1. The molecule has 0 aromatic carbocycles. The van der Waals surface area contributed by atoms with E-state index in [1.54, 1.807) is 0 Å². The van der Waals surface area contributed by atoms with Gasteiger partial charge in [0.25, 0.3) is 0 Å². The minimum absolute atomic E-state index is 0.311. The maximum absolute atomic E-state index is 11.9. The van der Waals surface area contributed by atoms with Crippen LogP contribution in [0.3, 0.4) is 0 Å². The SMILES string of the molecule is C[C@@](O)([C@@H](N)C(=O)O)C(F)(F)F. The topological polar surface area (TPSA) is 83.5 Å². The number of carboxylic acids is 1. The molecular weight excluding hydrogens is 179 g/mol. The molecule has 0 saturated heterocycles. The van der Waals surface area contributed by atoms with Crippen molar-refractivity contribution in [3.63, 3.8) is 0 Å². The van der Waals surface area contributed by atoms with Crippen LogP contribution in [-0.4, -0.2) is 34.0 Å². The Morgan fingerprint density at radius 2 is 1.83 bits per heavy atom. The summed E-state index contributed by atoms with van der Waals surface area (Å²) in [7, 11) is 0. The van der Waals surface area contributed by atoms with Crippen molar-refractivity contribution in [2.45, 2.75) is 24.7 Å². The van der Waals surface area contributed by atoms with Crippen LogP contribution in [0, 0.1) is 0 Å². The van der Waals surface area contributed by atoms with Gasteiger partial charge in [0, 0.05) is 0 Å². The molecule has 0 aliphatic rings. The molecule has 4 nitrogen and oxygen atoms in total. The van der Waals surface area contributed by atoms with E-state index in [0.29, 0.717) is 6.92 Å². The third kappa shape index (κ3) is 1.86. The monoisotopic (exact) mass is 187 g/mol. The average Bonchev–Trinajstić information content (AvgIpc) is 1.83. The van der Waals surface area contributed by atoms with Crippen LogP contribution in [-0.2, 0) is 4.79 Å². The zero-order valence-electron chi connectivity index (χ0n) is 6.09. The van der Waals surface area contributed by atoms with Gasteiger partial charge in [0.15, 0.2) is 5.60 Å². The van der Waals surface area contributed by atoms with Crippen molar-refractivity contribution < 1.29 is 28.2 Å². The van der Waals surface area contributed by atoms with Crippen LogP contribution in [0.15, 0.2) is 0 Å². The van der Waals surface area contributed by atoms with Crippen LogP contribution in [0.1, 0.15) is 6.92 Å². The van der Waals surface area contributed by atoms with Crippen molar-refractivity contribution in [1.82, 2.24) is 0 Å². The summed E-state index contributed by atoms with van der Waals surface area (Å²) in [5, 5.41) is 16.8. The van der Waals surface area contributed by atoms with Gasteiger partial charge in [-0.25, -0.2) is 0 Å². The van der Waals surface area contributed by atoms with E-state index in [2.05, 4.69) is 5.73 Å². The fourth-order valence-corrected chi connectivity index (χ4v) is 0.417. The highest BCUT2D eigenvalue weighted by Gasteiger charge is 2.56. The fraction of sp³-hybridized carbons (Fsp3) is 0.800. The molecule has 2 atom stereocenters. The molecule has 0 aromatic rings. The van der Waals surface area contributed by atoms with E-state index in [4.69, 9.17) is 10.2 Å². The minimum atomic E-state index is -5.05. The van der Waals surface area contributed by atoms with Crippen LogP contribution in [0.4, 0.5) is 13.2 Å². The summed E-state index contributed by atoms with van der Waals surface area (Å²) in [5.74, 6) is -1.91. The number of hydrogen-bond acceptors (Lipinski definition) is 3. The molecule has 0 aliphatic carbocycles. The second kappa shape index (κ2) is 2.91. The first-order valence-electron chi connectivity index (χ1n) is 2.88. The average molecular weight is 187 g/mol. The largest absolute Gasteiger partial charge is 0.480 e. The lowest BCUT2D eigenvalue weighted by molar-refractivity contribution is -0.260. The summed E-state index contributed by atoms with van der Waals surface area (Å²) in [6.07, 6.45) is -5.05. The summed E-state index contributed by atoms with van der Waals surface area (Å²) in [4.78, 5) is 10.0. The van der Waals surface area contributed by atoms with Crippen molar-refractivity contribution in [2.75, 3.05) is 0 Å². The van der Waals surface area contributed by atoms with Crippen LogP contribution < -0.4 is 5.73 Å². The highest BCUT2D eigenvalue weighted by atomic mass is 19.4. The van der Waals surface area contributed by atoms with Crippen LogP contribution in [0.5, 0.6) is 0 Å². The first-order valence-corrected chi connectivity index (χ1v) is 2.88.